The maximum absolute atomic E-state index is 12.7. The molecule has 0 aliphatic carbocycles. The van der Waals surface area contributed by atoms with Crippen molar-refractivity contribution in [1.29, 1.82) is 0 Å². The van der Waals surface area contributed by atoms with Crippen LogP contribution in [0.5, 0.6) is 0 Å². The molecule has 0 radical (unpaired) electrons. The van der Waals surface area contributed by atoms with Crippen LogP contribution in [0.15, 0.2) is 39.2 Å². The van der Waals surface area contributed by atoms with E-state index in [1.807, 2.05) is 24.3 Å². The Kier molecular flexibility index (Phi) is 5.03. The number of nitrogens with zero attached hydrogens (tertiary/aromatic N) is 3. The number of benzene rings is 1. The van der Waals surface area contributed by atoms with Gasteiger partial charge >= 0.3 is 5.69 Å². The van der Waals surface area contributed by atoms with Crippen molar-refractivity contribution in [3.8, 4) is 0 Å². The summed E-state index contributed by atoms with van der Waals surface area (Å²) in [6, 6.07) is 7.23. The molecule has 8 heteroatoms. The van der Waals surface area contributed by atoms with Gasteiger partial charge in [-0.05, 0) is 49.5 Å². The molecule has 1 N–H and O–H groups in total. The molecule has 26 heavy (non-hydrogen) atoms. The van der Waals surface area contributed by atoms with E-state index >= 15 is 0 Å². The zero-order valence-electron chi connectivity index (χ0n) is 14.9. The highest BCUT2D eigenvalue weighted by Crippen LogP contribution is 2.13. The van der Waals surface area contributed by atoms with Crippen LogP contribution in [-0.2, 0) is 17.8 Å². The fourth-order valence-corrected chi connectivity index (χ4v) is 3.45. The van der Waals surface area contributed by atoms with Crippen LogP contribution in [0.3, 0.4) is 0 Å². The Bertz CT molecular complexity index is 1060. The molecule has 1 aromatic carbocycles. The van der Waals surface area contributed by atoms with Crippen molar-refractivity contribution in [3.63, 3.8) is 0 Å². The predicted octanol–water partition coefficient (Wildman–Crippen LogP) is 2.40. The van der Waals surface area contributed by atoms with Gasteiger partial charge in [0.15, 0.2) is 5.52 Å². The third kappa shape index (κ3) is 3.32. The smallest absolute Gasteiger partial charge is 0.325 e. The zero-order chi connectivity index (χ0) is 18.8. The number of hydrogen-bond acceptors (Lipinski definition) is 5. The molecule has 0 bridgehead atoms. The molecule has 1 amide bonds. The van der Waals surface area contributed by atoms with Gasteiger partial charge in [-0.2, -0.15) is 4.37 Å². The van der Waals surface area contributed by atoms with Gasteiger partial charge in [0.2, 0.25) is 5.91 Å². The molecule has 3 rings (SSSR count). The van der Waals surface area contributed by atoms with Crippen molar-refractivity contribution < 1.29 is 4.79 Å². The van der Waals surface area contributed by atoms with Crippen LogP contribution in [0, 0.1) is 0 Å². The Morgan fingerprint density at radius 1 is 1.23 bits per heavy atom. The van der Waals surface area contributed by atoms with Crippen LogP contribution in [0.2, 0.25) is 0 Å². The minimum absolute atomic E-state index is 0.184. The van der Waals surface area contributed by atoms with Crippen molar-refractivity contribution in [3.05, 3.63) is 56.0 Å². The quantitative estimate of drug-likeness (QED) is 0.745. The third-order valence-corrected chi connectivity index (χ3v) is 4.78. The fourth-order valence-electron chi connectivity index (χ4n) is 2.78. The number of nitrogens with one attached hydrogen (secondary N) is 1. The van der Waals surface area contributed by atoms with E-state index in [-0.39, 0.29) is 24.0 Å². The summed E-state index contributed by atoms with van der Waals surface area (Å²) in [4.78, 5) is 37.6. The van der Waals surface area contributed by atoms with Gasteiger partial charge in [-0.15, -0.1) is 0 Å². The van der Waals surface area contributed by atoms with Crippen molar-refractivity contribution in [2.24, 2.45) is 0 Å². The summed E-state index contributed by atoms with van der Waals surface area (Å²) in [6.07, 6.45) is 0.920. The molecule has 2 aromatic heterocycles. The number of carbonyl (C=O) groups excluding carboxylic acids is 1. The monoisotopic (exact) mass is 372 g/mol. The van der Waals surface area contributed by atoms with Crippen LogP contribution >= 0.6 is 11.5 Å². The molecular formula is C18H20N4O3S. The summed E-state index contributed by atoms with van der Waals surface area (Å²) < 4.78 is 6.52. The molecule has 0 saturated carbocycles. The Morgan fingerprint density at radius 2 is 1.92 bits per heavy atom. The van der Waals surface area contributed by atoms with Crippen LogP contribution in [-0.4, -0.2) is 19.4 Å². The SMILES string of the molecule is CCc1ccc(NC(=O)Cn2c(=O)n(C(C)C)c(=O)c3nscc32)cc1. The number of aromatic nitrogens is 3. The van der Waals surface area contributed by atoms with E-state index in [4.69, 9.17) is 0 Å². The summed E-state index contributed by atoms with van der Waals surface area (Å²) in [7, 11) is 0. The number of hydrogen-bond donors (Lipinski definition) is 1. The molecule has 0 aliphatic heterocycles. The standard InChI is InChI=1S/C18H20N4O3S/c1-4-12-5-7-13(8-6-12)19-15(23)9-21-14-10-26-20-16(14)17(24)22(11(2)3)18(21)25/h5-8,10-11H,4,9H2,1-3H3,(H,19,23). The number of anilines is 1. The largest absolute Gasteiger partial charge is 0.332 e. The second-order valence-electron chi connectivity index (χ2n) is 6.28. The molecule has 0 aliphatic rings. The van der Waals surface area contributed by atoms with E-state index in [2.05, 4.69) is 16.6 Å². The van der Waals surface area contributed by atoms with Gasteiger partial charge in [-0.1, -0.05) is 19.1 Å². The van der Waals surface area contributed by atoms with E-state index in [1.54, 1.807) is 19.2 Å². The second kappa shape index (κ2) is 7.25. The Hall–Kier alpha value is -2.74. The number of carbonyl (C=O) groups is 1. The summed E-state index contributed by atoms with van der Waals surface area (Å²) in [5, 5.41) is 4.40. The van der Waals surface area contributed by atoms with E-state index in [0.717, 1.165) is 22.5 Å². The van der Waals surface area contributed by atoms with Gasteiger partial charge in [-0.25, -0.2) is 4.79 Å². The normalized spacial score (nSPS) is 11.2. The van der Waals surface area contributed by atoms with E-state index < -0.39 is 11.2 Å². The lowest BCUT2D eigenvalue weighted by molar-refractivity contribution is -0.116. The topological polar surface area (TPSA) is 86.0 Å². The van der Waals surface area contributed by atoms with Crippen LogP contribution in [0.4, 0.5) is 5.69 Å². The average molecular weight is 372 g/mol. The summed E-state index contributed by atoms with van der Waals surface area (Å²) in [5.74, 6) is -0.335. The third-order valence-electron chi connectivity index (χ3n) is 4.16. The predicted molar refractivity (Wildman–Crippen MR) is 103 cm³/mol. The highest BCUT2D eigenvalue weighted by Gasteiger charge is 2.18. The Labute approximate surface area is 154 Å². The second-order valence-corrected chi connectivity index (χ2v) is 6.91. The highest BCUT2D eigenvalue weighted by atomic mass is 32.1. The van der Waals surface area contributed by atoms with Crippen LogP contribution in [0.25, 0.3) is 11.0 Å². The first-order valence-corrected chi connectivity index (χ1v) is 9.24. The Balaban J connectivity index is 1.95. The van der Waals surface area contributed by atoms with Gasteiger partial charge in [0.25, 0.3) is 5.56 Å². The van der Waals surface area contributed by atoms with Gasteiger partial charge in [0.05, 0.1) is 5.52 Å². The lowest BCUT2D eigenvalue weighted by atomic mass is 10.1. The van der Waals surface area contributed by atoms with E-state index in [9.17, 15) is 14.4 Å². The molecular weight excluding hydrogens is 352 g/mol. The van der Waals surface area contributed by atoms with Crippen molar-refractivity contribution in [1.82, 2.24) is 13.5 Å². The minimum atomic E-state index is -0.505. The summed E-state index contributed by atoms with van der Waals surface area (Å²) >= 11 is 1.09. The summed E-state index contributed by atoms with van der Waals surface area (Å²) in [5.41, 5.74) is 1.51. The molecule has 0 saturated heterocycles. The lowest BCUT2D eigenvalue weighted by Crippen LogP contribution is -2.42. The number of fused-ring (bicyclic) bond motifs is 1. The zero-order valence-corrected chi connectivity index (χ0v) is 15.7. The summed E-state index contributed by atoms with van der Waals surface area (Å²) in [6.45, 7) is 5.38. The first-order valence-electron chi connectivity index (χ1n) is 8.40. The van der Waals surface area contributed by atoms with Crippen molar-refractivity contribution in [2.45, 2.75) is 39.8 Å². The lowest BCUT2D eigenvalue weighted by Gasteiger charge is -2.14. The maximum Gasteiger partial charge on any atom is 0.332 e. The molecule has 0 fully saturated rings. The fraction of sp³-hybridized carbons (Fsp3) is 0.333. The van der Waals surface area contributed by atoms with Crippen LogP contribution < -0.4 is 16.6 Å². The maximum atomic E-state index is 12.7. The van der Waals surface area contributed by atoms with Crippen molar-refractivity contribution >= 4 is 34.2 Å². The molecule has 0 atom stereocenters. The average Bonchev–Trinajstić information content (AvgIpc) is 3.09. The molecule has 0 unspecified atom stereocenters. The molecule has 0 spiro atoms. The minimum Gasteiger partial charge on any atom is -0.325 e. The highest BCUT2D eigenvalue weighted by molar-refractivity contribution is 7.04. The molecule has 2 heterocycles. The first kappa shape index (κ1) is 18.1. The molecule has 136 valence electrons. The van der Waals surface area contributed by atoms with Gasteiger partial charge in [0, 0.05) is 17.1 Å². The molecule has 3 aromatic rings. The van der Waals surface area contributed by atoms with Gasteiger partial charge in [-0.3, -0.25) is 18.7 Å². The number of amides is 1. The van der Waals surface area contributed by atoms with Crippen molar-refractivity contribution in [2.75, 3.05) is 5.32 Å². The Morgan fingerprint density at radius 3 is 2.54 bits per heavy atom. The number of aryl methyl sites for hydroxylation is 1. The van der Waals surface area contributed by atoms with E-state index in [1.165, 1.54) is 10.1 Å². The first-order chi connectivity index (χ1) is 12.4. The van der Waals surface area contributed by atoms with Gasteiger partial charge < -0.3 is 5.32 Å². The van der Waals surface area contributed by atoms with Crippen LogP contribution in [0.1, 0.15) is 32.4 Å². The van der Waals surface area contributed by atoms with E-state index in [0.29, 0.717) is 11.2 Å². The van der Waals surface area contributed by atoms with Gasteiger partial charge in [0.1, 0.15) is 6.54 Å². The molecule has 7 nitrogen and oxygen atoms in total. The number of rotatable bonds is 5.